The van der Waals surface area contributed by atoms with Gasteiger partial charge in [-0.2, -0.15) is 0 Å². The molecule has 2 aromatic heterocycles. The maximum atomic E-state index is 13.5. The summed E-state index contributed by atoms with van der Waals surface area (Å²) in [5, 5.41) is 3.50. The van der Waals surface area contributed by atoms with E-state index in [1.165, 1.54) is 31.0 Å². The van der Waals surface area contributed by atoms with E-state index >= 15 is 0 Å². The zero-order valence-electron chi connectivity index (χ0n) is 19.1. The van der Waals surface area contributed by atoms with Crippen molar-refractivity contribution < 1.29 is 9.53 Å². The van der Waals surface area contributed by atoms with Crippen LogP contribution in [0.5, 0.6) is 0 Å². The first-order chi connectivity index (χ1) is 16.0. The molecule has 2 aliphatic rings. The number of fused-ring (bicyclic) bond motifs is 1. The summed E-state index contributed by atoms with van der Waals surface area (Å²) in [4.78, 5) is 33.4. The summed E-state index contributed by atoms with van der Waals surface area (Å²) in [6.07, 6.45) is 9.83. The standard InChI is InChI=1S/C24H30N4O3S2/c1-3-31-13-7-12-27-23(30)19(33-24(27)32)14-18-21(25-17-8-5-4-6-9-17)26-20-11-10-16(2)15-28(20)22(18)29/h10-11,14-15,17,25H,3-9,12-13H2,1-2H3/b19-14+. The Balaban J connectivity index is 1.69. The van der Waals surface area contributed by atoms with Crippen molar-refractivity contribution in [3.05, 3.63) is 44.7 Å². The van der Waals surface area contributed by atoms with E-state index in [9.17, 15) is 9.59 Å². The van der Waals surface area contributed by atoms with Gasteiger partial charge in [-0.05, 0) is 50.8 Å². The highest BCUT2D eigenvalue weighted by atomic mass is 32.2. The number of thioether (sulfide) groups is 1. The first kappa shape index (κ1) is 23.9. The molecule has 2 fully saturated rings. The van der Waals surface area contributed by atoms with Gasteiger partial charge in [-0.25, -0.2) is 4.98 Å². The molecule has 0 unspecified atom stereocenters. The van der Waals surface area contributed by atoms with Crippen LogP contribution in [-0.4, -0.2) is 50.3 Å². The van der Waals surface area contributed by atoms with E-state index in [-0.39, 0.29) is 17.5 Å². The van der Waals surface area contributed by atoms with E-state index in [1.807, 2.05) is 26.0 Å². The lowest BCUT2D eigenvalue weighted by Crippen LogP contribution is -2.30. The van der Waals surface area contributed by atoms with Crippen LogP contribution in [0.15, 0.2) is 28.0 Å². The Morgan fingerprint density at radius 1 is 1.27 bits per heavy atom. The normalized spacial score (nSPS) is 18.6. The molecule has 0 atom stereocenters. The molecule has 1 saturated carbocycles. The highest BCUT2D eigenvalue weighted by molar-refractivity contribution is 8.26. The number of rotatable bonds is 8. The molecular formula is C24H30N4O3S2. The molecule has 3 heterocycles. The average Bonchev–Trinajstić information content (AvgIpc) is 3.07. The Hall–Kier alpha value is -2.23. The third-order valence-electron chi connectivity index (χ3n) is 5.98. The number of hydrogen-bond donors (Lipinski definition) is 1. The molecule has 7 nitrogen and oxygen atoms in total. The van der Waals surface area contributed by atoms with E-state index in [2.05, 4.69) is 5.32 Å². The third kappa shape index (κ3) is 5.47. The highest BCUT2D eigenvalue weighted by Gasteiger charge is 2.32. The molecule has 0 spiro atoms. The van der Waals surface area contributed by atoms with Gasteiger partial charge in [0.05, 0.1) is 10.5 Å². The minimum atomic E-state index is -0.191. The summed E-state index contributed by atoms with van der Waals surface area (Å²) in [5.41, 5.74) is 1.76. The summed E-state index contributed by atoms with van der Waals surface area (Å²) < 4.78 is 7.44. The summed E-state index contributed by atoms with van der Waals surface area (Å²) in [6, 6.07) is 4.07. The van der Waals surface area contributed by atoms with Crippen molar-refractivity contribution in [2.75, 3.05) is 25.1 Å². The van der Waals surface area contributed by atoms with Gasteiger partial charge in [0, 0.05) is 32.0 Å². The maximum absolute atomic E-state index is 13.5. The van der Waals surface area contributed by atoms with E-state index < -0.39 is 0 Å². The van der Waals surface area contributed by atoms with Crippen molar-refractivity contribution in [2.24, 2.45) is 0 Å². The molecule has 176 valence electrons. The lowest BCUT2D eigenvalue weighted by atomic mass is 9.95. The lowest BCUT2D eigenvalue weighted by Gasteiger charge is -2.24. The number of carbonyl (C=O) groups excluding carboxylic acids is 1. The second-order valence-corrected chi connectivity index (χ2v) is 10.2. The summed E-state index contributed by atoms with van der Waals surface area (Å²) in [6.45, 7) is 5.61. The number of pyridine rings is 1. The van der Waals surface area contributed by atoms with E-state index in [4.69, 9.17) is 21.9 Å². The van der Waals surface area contributed by atoms with Gasteiger partial charge in [-0.3, -0.25) is 18.9 Å². The van der Waals surface area contributed by atoms with Crippen LogP contribution in [-0.2, 0) is 9.53 Å². The highest BCUT2D eigenvalue weighted by Crippen LogP contribution is 2.33. The molecule has 0 aromatic carbocycles. The minimum absolute atomic E-state index is 0.168. The van der Waals surface area contributed by atoms with Crippen LogP contribution in [0.2, 0.25) is 0 Å². The zero-order chi connectivity index (χ0) is 23.4. The number of ether oxygens (including phenoxy) is 1. The number of aromatic nitrogens is 2. The summed E-state index contributed by atoms with van der Waals surface area (Å²) >= 11 is 6.69. The molecule has 1 amide bonds. The number of nitrogens with one attached hydrogen (secondary N) is 1. The van der Waals surface area contributed by atoms with Gasteiger partial charge in [0.25, 0.3) is 11.5 Å². The topological polar surface area (TPSA) is 75.9 Å². The van der Waals surface area contributed by atoms with Crippen molar-refractivity contribution >= 4 is 51.7 Å². The van der Waals surface area contributed by atoms with Gasteiger partial charge < -0.3 is 10.1 Å². The van der Waals surface area contributed by atoms with Crippen LogP contribution in [0.3, 0.4) is 0 Å². The van der Waals surface area contributed by atoms with Gasteiger partial charge in [0.15, 0.2) is 0 Å². The lowest BCUT2D eigenvalue weighted by molar-refractivity contribution is -0.122. The van der Waals surface area contributed by atoms with Crippen LogP contribution in [0.25, 0.3) is 11.7 Å². The number of carbonyl (C=O) groups is 1. The monoisotopic (exact) mass is 486 g/mol. The smallest absolute Gasteiger partial charge is 0.267 e. The molecule has 0 bridgehead atoms. The maximum Gasteiger partial charge on any atom is 0.267 e. The van der Waals surface area contributed by atoms with Gasteiger partial charge in [-0.1, -0.05) is 49.3 Å². The fourth-order valence-electron chi connectivity index (χ4n) is 4.23. The van der Waals surface area contributed by atoms with Crippen LogP contribution in [0, 0.1) is 6.92 Å². The number of nitrogens with zero attached hydrogens (tertiary/aromatic N) is 3. The predicted molar refractivity (Wildman–Crippen MR) is 138 cm³/mol. The van der Waals surface area contributed by atoms with Crippen molar-refractivity contribution in [2.45, 2.75) is 58.4 Å². The minimum Gasteiger partial charge on any atom is -0.382 e. The second-order valence-electron chi connectivity index (χ2n) is 8.48. The van der Waals surface area contributed by atoms with Gasteiger partial charge in [-0.15, -0.1) is 0 Å². The quantitative estimate of drug-likeness (QED) is 0.337. The molecule has 9 heteroatoms. The number of hydrogen-bond acceptors (Lipinski definition) is 7. The van der Waals surface area contributed by atoms with E-state index in [0.717, 1.165) is 18.4 Å². The predicted octanol–water partition coefficient (Wildman–Crippen LogP) is 4.38. The van der Waals surface area contributed by atoms with E-state index in [1.54, 1.807) is 21.6 Å². The Labute approximate surface area is 203 Å². The zero-order valence-corrected chi connectivity index (χ0v) is 20.8. The number of amides is 1. The molecule has 1 saturated heterocycles. The SMILES string of the molecule is CCOCCCN1C(=O)/C(=C\c2c(NC3CCCCC3)nc3ccc(C)cn3c2=O)SC1=S. The van der Waals surface area contributed by atoms with Crippen molar-refractivity contribution in [1.29, 1.82) is 0 Å². The number of anilines is 1. The van der Waals surface area contributed by atoms with Crippen LogP contribution in [0.1, 0.15) is 56.6 Å². The van der Waals surface area contributed by atoms with Crippen molar-refractivity contribution in [1.82, 2.24) is 14.3 Å². The molecule has 33 heavy (non-hydrogen) atoms. The molecule has 1 N–H and O–H groups in total. The summed E-state index contributed by atoms with van der Waals surface area (Å²) in [7, 11) is 0. The van der Waals surface area contributed by atoms with Crippen LogP contribution in [0.4, 0.5) is 5.82 Å². The fraction of sp³-hybridized carbons (Fsp3) is 0.500. The molecule has 2 aromatic rings. The van der Waals surface area contributed by atoms with Crippen LogP contribution >= 0.6 is 24.0 Å². The number of thiocarbonyl (C=S) groups is 1. The second kappa shape index (κ2) is 10.8. The third-order valence-corrected chi connectivity index (χ3v) is 7.35. The average molecular weight is 487 g/mol. The fourth-order valence-corrected chi connectivity index (χ4v) is 5.52. The first-order valence-corrected chi connectivity index (χ1v) is 12.8. The van der Waals surface area contributed by atoms with Crippen molar-refractivity contribution in [3.8, 4) is 0 Å². The molecule has 0 radical (unpaired) electrons. The Morgan fingerprint density at radius 3 is 2.82 bits per heavy atom. The van der Waals surface area contributed by atoms with Gasteiger partial charge in [0.1, 0.15) is 15.8 Å². The van der Waals surface area contributed by atoms with Crippen molar-refractivity contribution in [3.63, 3.8) is 0 Å². The molecule has 4 rings (SSSR count). The Morgan fingerprint density at radius 2 is 2.06 bits per heavy atom. The van der Waals surface area contributed by atoms with E-state index in [0.29, 0.717) is 52.4 Å². The number of aryl methyl sites for hydroxylation is 1. The van der Waals surface area contributed by atoms with Gasteiger partial charge in [0.2, 0.25) is 0 Å². The first-order valence-electron chi connectivity index (χ1n) is 11.6. The van der Waals surface area contributed by atoms with Gasteiger partial charge >= 0.3 is 0 Å². The Kier molecular flexibility index (Phi) is 7.82. The van der Waals surface area contributed by atoms with Crippen LogP contribution < -0.4 is 10.9 Å². The molecule has 1 aliphatic carbocycles. The molecular weight excluding hydrogens is 456 g/mol. The Bertz CT molecular complexity index is 1140. The summed E-state index contributed by atoms with van der Waals surface area (Å²) in [5.74, 6) is 0.372. The largest absolute Gasteiger partial charge is 0.382 e. The molecule has 1 aliphatic heterocycles.